The molecule has 0 aliphatic carbocycles. The smallest absolute Gasteiger partial charge is 0.264 e. The molecule has 1 atom stereocenters. The second kappa shape index (κ2) is 7.49. The molecule has 0 aliphatic heterocycles. The molecular formula is C18H17N3O4S. The average Bonchev–Trinajstić information content (AvgIpc) is 3.18. The van der Waals surface area contributed by atoms with Crippen molar-refractivity contribution in [1.29, 1.82) is 0 Å². The zero-order chi connectivity index (χ0) is 18.6. The lowest BCUT2D eigenvalue weighted by Gasteiger charge is -2.15. The van der Waals surface area contributed by atoms with E-state index in [0.717, 1.165) is 12.0 Å². The summed E-state index contributed by atoms with van der Waals surface area (Å²) in [4.78, 5) is 12.5. The Morgan fingerprint density at radius 3 is 2.58 bits per heavy atom. The molecule has 0 bridgehead atoms. The molecule has 2 aromatic carbocycles. The zero-order valence-corrected chi connectivity index (χ0v) is 14.8. The van der Waals surface area contributed by atoms with Crippen LogP contribution in [-0.2, 0) is 14.8 Å². The van der Waals surface area contributed by atoms with Crippen molar-refractivity contribution in [2.75, 3.05) is 0 Å². The monoisotopic (exact) mass is 371 g/mol. The van der Waals surface area contributed by atoms with E-state index in [9.17, 15) is 13.2 Å². The molecule has 0 aliphatic rings. The Kier molecular flexibility index (Phi) is 5.13. The fraction of sp³-hybridized carbons (Fsp3) is 0.167. The number of amides is 1. The standard InChI is InChI=1S/C18H17N3O4S/c1-2-16(13-7-4-3-5-8-13)17(22)21-26(23,24)15-10-6-9-14(11-15)18-20-19-12-25-18/h3-12,16H,2H2,1H3,(H,21,22)/t16-/m1/s1. The molecule has 0 spiro atoms. The number of nitrogens with one attached hydrogen (secondary N) is 1. The predicted octanol–water partition coefficient (Wildman–Crippen LogP) is 2.74. The van der Waals surface area contributed by atoms with E-state index >= 15 is 0 Å². The van der Waals surface area contributed by atoms with Crippen LogP contribution in [0.2, 0.25) is 0 Å². The molecule has 26 heavy (non-hydrogen) atoms. The Hall–Kier alpha value is -3.00. The molecule has 3 rings (SSSR count). The normalized spacial score (nSPS) is 12.5. The molecule has 0 saturated carbocycles. The molecule has 7 nitrogen and oxygen atoms in total. The van der Waals surface area contributed by atoms with Gasteiger partial charge in [0.1, 0.15) is 0 Å². The number of aromatic nitrogens is 2. The van der Waals surface area contributed by atoms with Gasteiger partial charge >= 0.3 is 0 Å². The van der Waals surface area contributed by atoms with E-state index in [4.69, 9.17) is 4.42 Å². The van der Waals surface area contributed by atoms with Crippen LogP contribution in [0.4, 0.5) is 0 Å². The van der Waals surface area contributed by atoms with Gasteiger partial charge in [0.25, 0.3) is 10.0 Å². The van der Waals surface area contributed by atoms with Gasteiger partial charge in [-0.3, -0.25) is 4.79 Å². The highest BCUT2D eigenvalue weighted by Gasteiger charge is 2.25. The summed E-state index contributed by atoms with van der Waals surface area (Å²) in [5, 5.41) is 7.32. The zero-order valence-electron chi connectivity index (χ0n) is 14.0. The molecule has 0 radical (unpaired) electrons. The third kappa shape index (κ3) is 3.80. The second-order valence-corrected chi connectivity index (χ2v) is 7.30. The van der Waals surface area contributed by atoms with Crippen LogP contribution in [0.5, 0.6) is 0 Å². The maximum Gasteiger partial charge on any atom is 0.264 e. The minimum Gasteiger partial charge on any atom is -0.423 e. The van der Waals surface area contributed by atoms with Gasteiger partial charge in [0, 0.05) is 5.56 Å². The van der Waals surface area contributed by atoms with Crippen molar-refractivity contribution in [3.05, 3.63) is 66.6 Å². The van der Waals surface area contributed by atoms with Crippen molar-refractivity contribution in [2.24, 2.45) is 0 Å². The Morgan fingerprint density at radius 2 is 1.92 bits per heavy atom. The van der Waals surface area contributed by atoms with Crippen LogP contribution in [0.1, 0.15) is 24.8 Å². The number of sulfonamides is 1. The van der Waals surface area contributed by atoms with Gasteiger partial charge in [-0.2, -0.15) is 0 Å². The highest BCUT2D eigenvalue weighted by atomic mass is 32.2. The van der Waals surface area contributed by atoms with Gasteiger partial charge in [-0.1, -0.05) is 43.3 Å². The van der Waals surface area contributed by atoms with Gasteiger partial charge < -0.3 is 4.42 Å². The number of rotatable bonds is 6. The molecule has 1 aromatic heterocycles. The predicted molar refractivity (Wildman–Crippen MR) is 94.5 cm³/mol. The molecule has 134 valence electrons. The van der Waals surface area contributed by atoms with Crippen LogP contribution in [0.15, 0.2) is 70.3 Å². The van der Waals surface area contributed by atoms with E-state index in [2.05, 4.69) is 14.9 Å². The minimum atomic E-state index is -4.03. The summed E-state index contributed by atoms with van der Waals surface area (Å²) in [6.45, 7) is 1.83. The fourth-order valence-corrected chi connectivity index (χ4v) is 3.68. The minimum absolute atomic E-state index is 0.0514. The van der Waals surface area contributed by atoms with E-state index in [0.29, 0.717) is 12.0 Å². The summed E-state index contributed by atoms with van der Waals surface area (Å²) in [6, 6.07) is 15.0. The highest BCUT2D eigenvalue weighted by molar-refractivity contribution is 7.90. The number of hydrogen-bond donors (Lipinski definition) is 1. The summed E-state index contributed by atoms with van der Waals surface area (Å²) < 4.78 is 32.5. The molecule has 0 fully saturated rings. The molecule has 1 amide bonds. The summed E-state index contributed by atoms with van der Waals surface area (Å²) in [7, 11) is -4.03. The largest absolute Gasteiger partial charge is 0.423 e. The first-order valence-electron chi connectivity index (χ1n) is 7.99. The lowest BCUT2D eigenvalue weighted by Crippen LogP contribution is -2.34. The lowest BCUT2D eigenvalue weighted by atomic mass is 9.96. The summed E-state index contributed by atoms with van der Waals surface area (Å²) in [6.07, 6.45) is 1.64. The third-order valence-corrected chi connectivity index (χ3v) is 5.26. The van der Waals surface area contributed by atoms with Crippen molar-refractivity contribution in [3.63, 3.8) is 0 Å². The van der Waals surface area contributed by atoms with Gasteiger partial charge in [0.2, 0.25) is 18.2 Å². The molecule has 0 unspecified atom stereocenters. The van der Waals surface area contributed by atoms with Crippen LogP contribution in [0, 0.1) is 0 Å². The van der Waals surface area contributed by atoms with E-state index in [1.165, 1.54) is 12.1 Å². The summed E-state index contributed by atoms with van der Waals surface area (Å²) >= 11 is 0. The number of carbonyl (C=O) groups is 1. The van der Waals surface area contributed by atoms with E-state index in [-0.39, 0.29) is 10.8 Å². The van der Waals surface area contributed by atoms with Gasteiger partial charge in [-0.15, -0.1) is 10.2 Å². The van der Waals surface area contributed by atoms with Gasteiger partial charge in [0.15, 0.2) is 0 Å². The quantitative estimate of drug-likeness (QED) is 0.715. The van der Waals surface area contributed by atoms with Crippen LogP contribution in [0.25, 0.3) is 11.5 Å². The fourth-order valence-electron chi connectivity index (χ4n) is 2.62. The third-order valence-electron chi connectivity index (χ3n) is 3.91. The molecule has 1 N–H and O–H groups in total. The van der Waals surface area contributed by atoms with Gasteiger partial charge in [-0.05, 0) is 30.2 Å². The Bertz CT molecular complexity index is 986. The Morgan fingerprint density at radius 1 is 1.15 bits per heavy atom. The highest BCUT2D eigenvalue weighted by Crippen LogP contribution is 2.23. The van der Waals surface area contributed by atoms with Crippen molar-refractivity contribution in [1.82, 2.24) is 14.9 Å². The van der Waals surface area contributed by atoms with Crippen molar-refractivity contribution in [3.8, 4) is 11.5 Å². The molecule has 3 aromatic rings. The van der Waals surface area contributed by atoms with Crippen LogP contribution < -0.4 is 4.72 Å². The van der Waals surface area contributed by atoms with Crippen molar-refractivity contribution >= 4 is 15.9 Å². The maximum atomic E-state index is 12.6. The Labute approximate surface area is 151 Å². The van der Waals surface area contributed by atoms with E-state index in [1.54, 1.807) is 24.3 Å². The maximum absolute atomic E-state index is 12.6. The Balaban J connectivity index is 1.85. The molecule has 1 heterocycles. The van der Waals surface area contributed by atoms with E-state index < -0.39 is 21.8 Å². The summed E-state index contributed by atoms with van der Waals surface area (Å²) in [5.74, 6) is -0.920. The first-order chi connectivity index (χ1) is 12.5. The first-order valence-corrected chi connectivity index (χ1v) is 9.48. The average molecular weight is 371 g/mol. The van der Waals surface area contributed by atoms with Crippen LogP contribution in [0.3, 0.4) is 0 Å². The molecule has 8 heteroatoms. The summed E-state index contributed by atoms with van der Waals surface area (Å²) in [5.41, 5.74) is 1.22. The number of benzene rings is 2. The van der Waals surface area contributed by atoms with E-state index in [1.807, 2.05) is 25.1 Å². The van der Waals surface area contributed by atoms with Crippen molar-refractivity contribution < 1.29 is 17.6 Å². The second-order valence-electron chi connectivity index (χ2n) is 5.61. The molecular weight excluding hydrogens is 354 g/mol. The number of carbonyl (C=O) groups excluding carboxylic acids is 1. The number of hydrogen-bond acceptors (Lipinski definition) is 6. The lowest BCUT2D eigenvalue weighted by molar-refractivity contribution is -0.120. The SMILES string of the molecule is CC[C@@H](C(=O)NS(=O)(=O)c1cccc(-c2nnco2)c1)c1ccccc1. The van der Waals surface area contributed by atoms with Crippen LogP contribution >= 0.6 is 0 Å². The van der Waals surface area contributed by atoms with Gasteiger partial charge in [-0.25, -0.2) is 13.1 Å². The van der Waals surface area contributed by atoms with Crippen LogP contribution in [-0.4, -0.2) is 24.5 Å². The topological polar surface area (TPSA) is 102 Å². The van der Waals surface area contributed by atoms with Crippen molar-refractivity contribution in [2.45, 2.75) is 24.2 Å². The number of nitrogens with zero attached hydrogens (tertiary/aromatic N) is 2. The first kappa shape index (κ1) is 17.8. The molecule has 0 saturated heterocycles. The van der Waals surface area contributed by atoms with Gasteiger partial charge in [0.05, 0.1) is 10.8 Å².